The van der Waals surface area contributed by atoms with E-state index in [0.717, 1.165) is 16.5 Å². The van der Waals surface area contributed by atoms with E-state index in [-0.39, 0.29) is 27.9 Å². The molecule has 3 aromatic carbocycles. The summed E-state index contributed by atoms with van der Waals surface area (Å²) in [6.07, 6.45) is 0. The fourth-order valence-corrected chi connectivity index (χ4v) is 4.33. The molecule has 1 aliphatic heterocycles. The van der Waals surface area contributed by atoms with Gasteiger partial charge in [0.2, 0.25) is 0 Å². The highest BCUT2D eigenvalue weighted by Gasteiger charge is 2.37. The Kier molecular flexibility index (Phi) is 5.15. The zero-order chi connectivity index (χ0) is 23.2. The van der Waals surface area contributed by atoms with Crippen LogP contribution in [0.15, 0.2) is 65.6 Å². The number of imide groups is 1. The molecule has 0 saturated carbocycles. The topological polar surface area (TPSA) is 121 Å². The lowest BCUT2D eigenvalue weighted by Gasteiger charge is -2.16. The van der Waals surface area contributed by atoms with Gasteiger partial charge in [0.05, 0.1) is 16.8 Å². The van der Waals surface area contributed by atoms with Crippen LogP contribution in [0.3, 0.4) is 0 Å². The van der Waals surface area contributed by atoms with Crippen molar-refractivity contribution in [2.24, 2.45) is 0 Å². The van der Waals surface area contributed by atoms with Gasteiger partial charge in [-0.25, -0.2) is 4.90 Å². The molecule has 2 N–H and O–H groups in total. The maximum Gasteiger partial charge on any atom is 0.295 e. The Labute approximate surface area is 184 Å². The number of nitrogens with one attached hydrogen (secondary N) is 1. The monoisotopic (exact) mass is 450 g/mol. The molecule has 0 aliphatic carbocycles. The minimum Gasteiger partial charge on any atom is -0.355 e. The van der Waals surface area contributed by atoms with Gasteiger partial charge in [-0.1, -0.05) is 35.9 Å². The van der Waals surface area contributed by atoms with Gasteiger partial charge >= 0.3 is 0 Å². The molecule has 1 aliphatic rings. The van der Waals surface area contributed by atoms with Crippen LogP contribution < -0.4 is 10.2 Å². The second-order valence-electron chi connectivity index (χ2n) is 7.31. The molecule has 3 amide bonds. The molecule has 0 atom stereocenters. The van der Waals surface area contributed by atoms with Crippen LogP contribution in [0.25, 0.3) is 11.1 Å². The maximum atomic E-state index is 13.0. The van der Waals surface area contributed by atoms with Gasteiger partial charge in [-0.15, -0.1) is 0 Å². The quantitative estimate of drug-likeness (QED) is 0.466. The average molecular weight is 450 g/mol. The summed E-state index contributed by atoms with van der Waals surface area (Å²) in [5.74, 6) is -1.76. The average Bonchev–Trinajstić information content (AvgIpc) is 3.02. The number of hydrogen-bond donors (Lipinski definition) is 2. The van der Waals surface area contributed by atoms with Crippen LogP contribution in [0.5, 0.6) is 0 Å². The van der Waals surface area contributed by atoms with Gasteiger partial charge in [0.1, 0.15) is 4.90 Å². The number of aryl methyl sites for hydroxylation is 1. The third kappa shape index (κ3) is 3.57. The SMILES string of the molecule is CNC(=O)c1ccc2c(c1)C(=O)N(c1ccc(-c3ccc(C)cc3)c(S(=O)(=O)O)c1)C2=O. The molecule has 0 aromatic heterocycles. The van der Waals surface area contributed by atoms with Crippen LogP contribution in [0, 0.1) is 6.92 Å². The summed E-state index contributed by atoms with van der Waals surface area (Å²) in [5.41, 5.74) is 2.08. The number of benzene rings is 3. The van der Waals surface area contributed by atoms with Crippen molar-refractivity contribution in [2.45, 2.75) is 11.8 Å². The molecule has 0 saturated heterocycles. The highest BCUT2D eigenvalue weighted by molar-refractivity contribution is 7.86. The second kappa shape index (κ2) is 7.70. The van der Waals surface area contributed by atoms with Crippen molar-refractivity contribution in [3.05, 3.63) is 82.9 Å². The Bertz CT molecular complexity index is 1390. The number of fused-ring (bicyclic) bond motifs is 1. The second-order valence-corrected chi connectivity index (χ2v) is 8.70. The molecule has 0 spiro atoms. The Morgan fingerprint density at radius 1 is 0.875 bits per heavy atom. The molecule has 0 radical (unpaired) electrons. The van der Waals surface area contributed by atoms with Gasteiger partial charge in [0.15, 0.2) is 0 Å². The van der Waals surface area contributed by atoms with E-state index in [9.17, 15) is 27.4 Å². The largest absolute Gasteiger partial charge is 0.355 e. The van der Waals surface area contributed by atoms with Crippen LogP contribution in [-0.2, 0) is 10.1 Å². The fourth-order valence-electron chi connectivity index (χ4n) is 3.60. The van der Waals surface area contributed by atoms with E-state index in [1.54, 1.807) is 24.3 Å². The number of amides is 3. The van der Waals surface area contributed by atoms with Crippen LogP contribution in [-0.4, -0.2) is 37.7 Å². The van der Waals surface area contributed by atoms with Gasteiger partial charge < -0.3 is 5.32 Å². The van der Waals surface area contributed by atoms with Gasteiger partial charge in [-0.3, -0.25) is 18.9 Å². The molecular formula is C23H18N2O6S. The molecule has 8 nitrogen and oxygen atoms in total. The Morgan fingerprint density at radius 2 is 1.50 bits per heavy atom. The van der Waals surface area contributed by atoms with Gasteiger partial charge in [0.25, 0.3) is 27.8 Å². The third-order valence-electron chi connectivity index (χ3n) is 5.24. The maximum absolute atomic E-state index is 13.0. The minimum absolute atomic E-state index is 0.0128. The number of rotatable bonds is 4. The first-order chi connectivity index (χ1) is 15.1. The molecule has 162 valence electrons. The van der Waals surface area contributed by atoms with Crippen LogP contribution in [0.1, 0.15) is 36.6 Å². The highest BCUT2D eigenvalue weighted by atomic mass is 32.2. The van der Waals surface area contributed by atoms with Crippen LogP contribution in [0.4, 0.5) is 5.69 Å². The van der Waals surface area contributed by atoms with Crippen molar-refractivity contribution in [3.63, 3.8) is 0 Å². The van der Waals surface area contributed by atoms with Crippen molar-refractivity contribution in [1.29, 1.82) is 0 Å². The zero-order valence-electron chi connectivity index (χ0n) is 17.1. The first-order valence-electron chi connectivity index (χ1n) is 9.55. The molecule has 1 heterocycles. The van der Waals surface area contributed by atoms with Crippen molar-refractivity contribution < 1.29 is 27.4 Å². The van der Waals surface area contributed by atoms with Crippen LogP contribution >= 0.6 is 0 Å². The third-order valence-corrected chi connectivity index (χ3v) is 6.13. The Hall–Kier alpha value is -3.82. The molecule has 3 aromatic rings. The fraction of sp³-hybridized carbons (Fsp3) is 0.0870. The number of carbonyl (C=O) groups is 3. The Balaban J connectivity index is 1.82. The number of nitrogens with zero attached hydrogens (tertiary/aromatic N) is 1. The summed E-state index contributed by atoms with van der Waals surface area (Å²) >= 11 is 0. The molecule has 9 heteroatoms. The van der Waals surface area contributed by atoms with Crippen LogP contribution in [0.2, 0.25) is 0 Å². The van der Waals surface area contributed by atoms with E-state index in [1.807, 2.05) is 6.92 Å². The van der Waals surface area contributed by atoms with Crippen molar-refractivity contribution in [3.8, 4) is 11.1 Å². The molecule has 4 rings (SSSR count). The lowest BCUT2D eigenvalue weighted by molar-refractivity contribution is 0.0924. The van der Waals surface area contributed by atoms with E-state index in [1.165, 1.54) is 37.4 Å². The molecule has 0 bridgehead atoms. The number of hydrogen-bond acceptors (Lipinski definition) is 5. The standard InChI is InChI=1S/C23H18N2O6S/c1-13-3-5-14(6-4-13)17-10-8-16(12-20(17)32(29,30)31)25-22(27)18-9-7-15(21(26)24-2)11-19(18)23(25)28/h3-12H,1-2H3,(H,24,26)(H,29,30,31). The molecular weight excluding hydrogens is 432 g/mol. The molecule has 0 fully saturated rings. The van der Waals surface area contributed by atoms with E-state index in [0.29, 0.717) is 5.56 Å². The summed E-state index contributed by atoms with van der Waals surface area (Å²) in [4.78, 5) is 38.2. The smallest absolute Gasteiger partial charge is 0.295 e. The van der Waals surface area contributed by atoms with Crippen molar-refractivity contribution in [2.75, 3.05) is 11.9 Å². The first kappa shape index (κ1) is 21.4. The summed E-state index contributed by atoms with van der Waals surface area (Å²) < 4.78 is 34.1. The predicted molar refractivity (Wildman–Crippen MR) is 117 cm³/mol. The number of anilines is 1. The van der Waals surface area contributed by atoms with Gasteiger partial charge in [0, 0.05) is 18.2 Å². The predicted octanol–water partition coefficient (Wildman–Crippen LogP) is 3.07. The van der Waals surface area contributed by atoms with E-state index >= 15 is 0 Å². The molecule has 32 heavy (non-hydrogen) atoms. The summed E-state index contributed by atoms with van der Waals surface area (Å²) in [6, 6.07) is 15.1. The lowest BCUT2D eigenvalue weighted by Crippen LogP contribution is -2.29. The van der Waals surface area contributed by atoms with Crippen molar-refractivity contribution in [1.82, 2.24) is 5.32 Å². The van der Waals surface area contributed by atoms with Gasteiger partial charge in [-0.2, -0.15) is 8.42 Å². The summed E-state index contributed by atoms with van der Waals surface area (Å²) in [7, 11) is -3.22. The van der Waals surface area contributed by atoms with E-state index in [2.05, 4.69) is 5.32 Å². The molecule has 0 unspecified atom stereocenters. The summed E-state index contributed by atoms with van der Waals surface area (Å²) in [6.45, 7) is 1.88. The van der Waals surface area contributed by atoms with E-state index < -0.39 is 32.7 Å². The highest BCUT2D eigenvalue weighted by Crippen LogP contribution is 2.35. The zero-order valence-corrected chi connectivity index (χ0v) is 17.9. The van der Waals surface area contributed by atoms with Gasteiger partial charge in [-0.05, 0) is 42.8 Å². The number of carbonyl (C=O) groups excluding carboxylic acids is 3. The normalized spacial score (nSPS) is 13.3. The van der Waals surface area contributed by atoms with Crippen molar-refractivity contribution >= 4 is 33.5 Å². The Morgan fingerprint density at radius 3 is 2.12 bits per heavy atom. The van der Waals surface area contributed by atoms with E-state index in [4.69, 9.17) is 0 Å². The lowest BCUT2D eigenvalue weighted by atomic mass is 10.0. The minimum atomic E-state index is -4.67. The first-order valence-corrected chi connectivity index (χ1v) is 11.0. The summed E-state index contributed by atoms with van der Waals surface area (Å²) in [5, 5.41) is 2.45.